The second kappa shape index (κ2) is 40.8. The van der Waals surface area contributed by atoms with E-state index in [2.05, 4.69) is 15.1 Å². The molecule has 0 saturated heterocycles. The monoisotopic (exact) mass is 1060 g/mol. The van der Waals surface area contributed by atoms with E-state index in [0.717, 1.165) is 17.9 Å². The summed E-state index contributed by atoms with van der Waals surface area (Å²) in [6, 6.07) is 26.7. The molecular weight excluding hydrogens is 989 g/mol. The van der Waals surface area contributed by atoms with Crippen molar-refractivity contribution in [1.29, 1.82) is 0 Å². The molecule has 0 aromatic heterocycles. The zero-order valence-electron chi connectivity index (χ0n) is 41.3. The van der Waals surface area contributed by atoms with Crippen molar-refractivity contribution in [2.75, 3.05) is 47.9 Å². The number of rotatable bonds is 11. The van der Waals surface area contributed by atoms with Crippen LogP contribution < -0.4 is 5.23 Å². The van der Waals surface area contributed by atoms with Crippen molar-refractivity contribution in [3.05, 3.63) is 212 Å². The average molecular weight is 1060 g/mol. The molecule has 0 fully saturated rings. The third kappa shape index (κ3) is 24.0. The maximum absolute atomic E-state index is 10.4. The van der Waals surface area contributed by atoms with Crippen LogP contribution in [0.25, 0.3) is 0 Å². The molecule has 4 aromatic rings. The number of aldehydes is 1. The lowest BCUT2D eigenvalue weighted by molar-refractivity contribution is -0.955. The van der Waals surface area contributed by atoms with Crippen LogP contribution in [0.1, 0.15) is 55.9 Å². The van der Waals surface area contributed by atoms with Crippen LogP contribution in [0, 0.1) is 19.9 Å². The molecule has 2 unspecified atom stereocenters. The molecule has 25 nitrogen and oxygen atoms in total. The smallest absolute Gasteiger partial charge is 0.503 e. The third-order valence-electron chi connectivity index (χ3n) is 8.78. The van der Waals surface area contributed by atoms with E-state index in [-0.39, 0.29) is 66.7 Å². The number of fused-ring (bicyclic) bond motifs is 1. The molecule has 0 spiro atoms. The van der Waals surface area contributed by atoms with Crippen molar-refractivity contribution < 1.29 is 91.2 Å². The van der Waals surface area contributed by atoms with Crippen LogP contribution >= 0.6 is 0 Å². The molecule has 1 aliphatic heterocycles. The number of methoxy groups -OCH3 is 5. The molecule has 7 rings (SSSR count). The Bertz CT molecular complexity index is 2510. The minimum absolute atomic E-state index is 0. The lowest BCUT2D eigenvalue weighted by Gasteiger charge is -2.08. The molecule has 2 atom stereocenters. The number of allylic oxidation sites excluding steroid dienone is 10. The number of carbonyl (C=O) groups is 1. The van der Waals surface area contributed by atoms with Crippen molar-refractivity contribution in [3.8, 4) is 0 Å². The van der Waals surface area contributed by atoms with Gasteiger partial charge in [-0.25, -0.2) is 25.7 Å². The fourth-order valence-corrected chi connectivity index (χ4v) is 5.57. The first kappa shape index (κ1) is 70.5. The number of aliphatic hydroxyl groups excluding tert-OH is 2. The number of nitrogens with zero attached hydrogens (tertiary/aromatic N) is 6. The Morgan fingerprint density at radius 3 is 1.64 bits per heavy atom. The number of aliphatic hydroxyl groups is 2. The van der Waals surface area contributed by atoms with Gasteiger partial charge in [-0.15, -0.1) is 15.0 Å². The van der Waals surface area contributed by atoms with Crippen LogP contribution in [-0.4, -0.2) is 117 Å². The number of nitroso groups, excluding NO2 is 2. The molecule has 25 heteroatoms. The van der Waals surface area contributed by atoms with Gasteiger partial charge in [-0.2, -0.15) is 0 Å². The number of carbonyl (C=O) groups excluding carboxylic acids is 1. The van der Waals surface area contributed by atoms with Gasteiger partial charge in [0.2, 0.25) is 16.1 Å². The number of nitro groups is 1. The minimum atomic E-state index is -1.08. The highest BCUT2D eigenvalue weighted by atomic mass is 16.9. The van der Waals surface area contributed by atoms with Gasteiger partial charge < -0.3 is 39.4 Å². The molecule has 4 aromatic carbocycles. The molecule has 9 N–H and O–H groups in total. The molecular formula is C50H67N6O19+3. The summed E-state index contributed by atoms with van der Waals surface area (Å²) in [6.07, 6.45) is 15.4. The van der Waals surface area contributed by atoms with Crippen LogP contribution in [0.5, 0.6) is 0 Å². The molecule has 75 heavy (non-hydrogen) atoms. The van der Waals surface area contributed by atoms with Gasteiger partial charge in [-0.05, 0) is 52.8 Å². The Morgan fingerprint density at radius 2 is 1.19 bits per heavy atom. The summed E-state index contributed by atoms with van der Waals surface area (Å²) in [5.41, 5.74) is 5.04. The number of benzene rings is 4. The topological polar surface area (TPSA) is 357 Å². The van der Waals surface area contributed by atoms with E-state index in [1.54, 1.807) is 109 Å². The Hall–Kier alpha value is -8.79. The predicted octanol–water partition coefficient (Wildman–Crippen LogP) is 8.75. The predicted molar refractivity (Wildman–Crippen MR) is 277 cm³/mol. The summed E-state index contributed by atoms with van der Waals surface area (Å²) in [5.74, 6) is 0. The van der Waals surface area contributed by atoms with E-state index in [1.165, 1.54) is 66.3 Å². The highest BCUT2D eigenvalue weighted by Crippen LogP contribution is 2.36. The van der Waals surface area contributed by atoms with E-state index in [9.17, 15) is 35.0 Å². The van der Waals surface area contributed by atoms with Crippen molar-refractivity contribution in [3.63, 3.8) is 0 Å². The molecule has 1 heterocycles. The third-order valence-corrected chi connectivity index (χ3v) is 8.78. The fraction of sp³-hybridized carbons (Fsp3) is 0.220. The summed E-state index contributed by atoms with van der Waals surface area (Å²) < 4.78 is 23.9. The van der Waals surface area contributed by atoms with E-state index in [4.69, 9.17) is 49.7 Å². The molecule has 3 aliphatic rings. The number of ether oxygens (including phenoxy) is 5. The summed E-state index contributed by atoms with van der Waals surface area (Å²) in [7, 11) is 8.38. The normalized spacial score (nSPS) is 14.1. The maximum Gasteiger partial charge on any atom is 1.00 e. The molecule has 0 radical (unpaired) electrons. The van der Waals surface area contributed by atoms with Crippen molar-refractivity contribution in [2.24, 2.45) is 10.4 Å². The van der Waals surface area contributed by atoms with Gasteiger partial charge in [0.05, 0.1) is 55.0 Å². The standard InChI is InChI=1S/C8H9NO3.2C8H10NO3.2C8H9NO3.C7H5NO2.CH4O.2CH4.H2O/c1-11-8-6-4-2-3-5-7(6)9(10)12-8;3*1-12-6-7-4-2-3-5-8(7)9(10)11;1-12-8(10)6-4-2-3-5-7(6)9-11;9-5-6-3-1-2-4-7(6)8-10;1-2;;;/h2-5,8,10H,1H3;2*2-6,10-11H,1H3;2-5H,6H2,1H3;2-5,8,10H,1H3;1-5H;2H,1H3;2*1H4;1H2/q;2*+1;;;;;;;/p+1. The second-order valence-electron chi connectivity index (χ2n) is 13.2. The minimum Gasteiger partial charge on any atom is -0.503 e. The Kier molecular flexibility index (Phi) is 38.3. The van der Waals surface area contributed by atoms with E-state index >= 15 is 0 Å². The Labute approximate surface area is 434 Å². The summed E-state index contributed by atoms with van der Waals surface area (Å²) in [4.78, 5) is 45.5. The van der Waals surface area contributed by atoms with E-state index in [0.29, 0.717) is 39.8 Å². The van der Waals surface area contributed by atoms with E-state index in [1.807, 2.05) is 18.2 Å². The Morgan fingerprint density at radius 1 is 0.720 bits per heavy atom. The summed E-state index contributed by atoms with van der Waals surface area (Å²) >= 11 is 0. The first-order valence-corrected chi connectivity index (χ1v) is 20.5. The highest BCUT2D eigenvalue weighted by molar-refractivity contribution is 6.08. The quantitative estimate of drug-likeness (QED) is 0.0140. The number of nitro benzene ring substituents is 1. The van der Waals surface area contributed by atoms with Crippen LogP contribution in [0.3, 0.4) is 0 Å². The maximum atomic E-state index is 10.4. The molecule has 0 saturated carbocycles. The highest BCUT2D eigenvalue weighted by Gasteiger charge is 2.28. The number of anilines is 1. The second-order valence-corrected chi connectivity index (χ2v) is 13.2. The molecule has 408 valence electrons. The first-order valence-electron chi connectivity index (χ1n) is 20.5. The van der Waals surface area contributed by atoms with Crippen LogP contribution in [-0.2, 0) is 35.1 Å². The summed E-state index contributed by atoms with van der Waals surface area (Å²) in [5, 5.41) is 77.0. The number of para-hydroxylation sites is 2. The number of hydrogen-bond acceptors (Lipinski definition) is 21. The van der Waals surface area contributed by atoms with Gasteiger partial charge in [0.25, 0.3) is 5.69 Å². The molecule has 2 aliphatic carbocycles. The van der Waals surface area contributed by atoms with Crippen molar-refractivity contribution in [2.45, 2.75) is 34.0 Å². The van der Waals surface area contributed by atoms with Crippen LogP contribution in [0.2, 0.25) is 0 Å². The summed E-state index contributed by atoms with van der Waals surface area (Å²) in [6.45, 7) is 0.275. The van der Waals surface area contributed by atoms with Crippen LogP contribution in [0.15, 0.2) is 180 Å². The van der Waals surface area contributed by atoms with Crippen molar-refractivity contribution >= 4 is 40.5 Å². The lowest BCUT2D eigenvalue weighted by atomic mass is 10.1. The SMILES string of the molecule is C.C.CO.COC(O)c1ccccc1N=O.COC1ON(O)c2ccccc21.COC=C1C=CC=CC1=[N+](O)O.COC=C1C=CC=CC1=[N+](O)O.COCc1ccccc1[N+](=O)[O-].O.O=Cc1ccccc1N=O.[H+]. The lowest BCUT2D eigenvalue weighted by Crippen LogP contribution is -2.15. The zero-order chi connectivity index (χ0) is 53.8. The van der Waals surface area contributed by atoms with E-state index < -0.39 is 17.5 Å². The van der Waals surface area contributed by atoms with Gasteiger partial charge in [0.15, 0.2) is 12.6 Å². The largest absolute Gasteiger partial charge is 1.00 e. The zero-order valence-corrected chi connectivity index (χ0v) is 40.3. The molecule has 0 amide bonds. The first-order chi connectivity index (χ1) is 34.8. The van der Waals surface area contributed by atoms with Gasteiger partial charge >= 0.3 is 12.9 Å². The van der Waals surface area contributed by atoms with Gasteiger partial charge in [0, 0.05) is 63.3 Å². The fourth-order valence-electron chi connectivity index (χ4n) is 5.57. The van der Waals surface area contributed by atoms with Crippen LogP contribution in [0.4, 0.5) is 22.7 Å². The van der Waals surface area contributed by atoms with Crippen molar-refractivity contribution in [1.82, 2.24) is 0 Å². The Balaban J connectivity index is -0.000000403. The molecule has 0 bridgehead atoms. The number of hydrogen-bond donors (Lipinski definition) is 7. The van der Waals surface area contributed by atoms with Gasteiger partial charge in [-0.3, -0.25) is 20.1 Å². The van der Waals surface area contributed by atoms with Gasteiger partial charge in [-0.1, -0.05) is 99.8 Å². The van der Waals surface area contributed by atoms with Gasteiger partial charge in [0.1, 0.15) is 17.1 Å². The average Bonchev–Trinajstić information content (AvgIpc) is 3.75.